The van der Waals surface area contributed by atoms with E-state index < -0.39 is 23.7 Å². The molecule has 3 rings (SSSR count). The maximum absolute atomic E-state index is 11.1. The molecule has 0 amide bonds. The number of hydrogen-bond acceptors (Lipinski definition) is 4. The molecule has 2 aromatic rings. The molecule has 0 saturated carbocycles. The highest BCUT2D eigenvalue weighted by atomic mass is 19.4. The summed E-state index contributed by atoms with van der Waals surface area (Å²) < 4.78 is 31.7. The molecule has 1 aliphatic carbocycles. The second-order valence-corrected chi connectivity index (χ2v) is 6.91. The average molecular weight is 425 g/mol. The van der Waals surface area contributed by atoms with Crippen LogP contribution in [-0.2, 0) is 23.3 Å². The first-order valence-corrected chi connectivity index (χ1v) is 9.16. The molecule has 4 N–H and O–H groups in total. The lowest BCUT2D eigenvalue weighted by atomic mass is 9.77. The highest BCUT2D eigenvalue weighted by Crippen LogP contribution is 2.35. The van der Waals surface area contributed by atoms with Gasteiger partial charge in [-0.25, -0.2) is 9.59 Å². The summed E-state index contributed by atoms with van der Waals surface area (Å²) in [4.78, 5) is 20.0. The molecule has 6 nitrogen and oxygen atoms in total. The van der Waals surface area contributed by atoms with Gasteiger partial charge in [-0.05, 0) is 48.1 Å². The fraction of sp³-hybridized carbons (Fsp3) is 0.333. The number of rotatable bonds is 5. The van der Waals surface area contributed by atoms with Gasteiger partial charge >= 0.3 is 18.1 Å². The minimum Gasteiger partial charge on any atom is -0.478 e. The first kappa shape index (κ1) is 23.4. The lowest BCUT2D eigenvalue weighted by Crippen LogP contribution is -2.47. The van der Waals surface area contributed by atoms with E-state index in [1.807, 2.05) is 18.2 Å². The number of aliphatic carboxylic acids is 1. The van der Waals surface area contributed by atoms with Crippen molar-refractivity contribution < 1.29 is 38.1 Å². The largest absolute Gasteiger partial charge is 0.490 e. The number of carboxylic acids is 2. The number of carbonyl (C=O) groups is 2. The van der Waals surface area contributed by atoms with Crippen LogP contribution in [-0.4, -0.2) is 40.0 Å². The summed E-state index contributed by atoms with van der Waals surface area (Å²) in [7, 11) is 0. The van der Waals surface area contributed by atoms with Crippen molar-refractivity contribution in [3.8, 4) is 0 Å². The Morgan fingerprint density at radius 3 is 2.33 bits per heavy atom. The Balaban J connectivity index is 0.000000396. The molecule has 2 aromatic carbocycles. The normalized spacial score (nSPS) is 18.0. The van der Waals surface area contributed by atoms with E-state index in [0.717, 1.165) is 30.4 Å². The molecule has 0 aromatic heterocycles. The molecule has 0 bridgehead atoms. The highest BCUT2D eigenvalue weighted by molar-refractivity contribution is 5.87. The van der Waals surface area contributed by atoms with Crippen LogP contribution in [0.5, 0.6) is 0 Å². The van der Waals surface area contributed by atoms with Crippen LogP contribution in [0.15, 0.2) is 48.5 Å². The number of fused-ring (bicyclic) bond motifs is 1. The Morgan fingerprint density at radius 2 is 1.73 bits per heavy atom. The zero-order valence-corrected chi connectivity index (χ0v) is 15.9. The first-order chi connectivity index (χ1) is 14.1. The van der Waals surface area contributed by atoms with E-state index >= 15 is 0 Å². The number of benzene rings is 2. The number of aliphatic hydroxyl groups is 1. The van der Waals surface area contributed by atoms with Gasteiger partial charge in [0.1, 0.15) is 0 Å². The number of aliphatic hydroxyl groups excluding tert-OH is 1. The third kappa shape index (κ3) is 5.80. The van der Waals surface area contributed by atoms with Crippen LogP contribution in [0.1, 0.15) is 39.9 Å². The van der Waals surface area contributed by atoms with Crippen molar-refractivity contribution in [2.75, 3.05) is 6.61 Å². The summed E-state index contributed by atoms with van der Waals surface area (Å²) in [6, 6.07) is 15.1. The predicted molar refractivity (Wildman–Crippen MR) is 102 cm³/mol. The Kier molecular flexibility index (Phi) is 7.58. The van der Waals surface area contributed by atoms with Crippen molar-refractivity contribution in [1.29, 1.82) is 0 Å². The van der Waals surface area contributed by atoms with E-state index in [1.54, 1.807) is 18.2 Å². The highest BCUT2D eigenvalue weighted by Gasteiger charge is 2.38. The Morgan fingerprint density at radius 1 is 1.07 bits per heavy atom. The van der Waals surface area contributed by atoms with Crippen molar-refractivity contribution in [3.63, 3.8) is 0 Å². The summed E-state index contributed by atoms with van der Waals surface area (Å²) in [5.41, 5.74) is 3.17. The number of carboxylic acid groups (broad SMARTS) is 2. The molecule has 1 aliphatic rings. The zero-order chi connectivity index (χ0) is 22.4. The summed E-state index contributed by atoms with van der Waals surface area (Å²) >= 11 is 0. The van der Waals surface area contributed by atoms with Crippen molar-refractivity contribution in [2.24, 2.45) is 0 Å². The van der Waals surface area contributed by atoms with Crippen LogP contribution >= 0.6 is 0 Å². The van der Waals surface area contributed by atoms with Crippen LogP contribution in [0.4, 0.5) is 13.2 Å². The van der Waals surface area contributed by atoms with E-state index in [9.17, 15) is 23.1 Å². The molecule has 1 atom stereocenters. The Labute approximate surface area is 171 Å². The van der Waals surface area contributed by atoms with Gasteiger partial charge in [0.15, 0.2) is 0 Å². The predicted octanol–water partition coefficient (Wildman–Crippen LogP) is 3.33. The van der Waals surface area contributed by atoms with Gasteiger partial charge in [-0.15, -0.1) is 0 Å². The molecule has 0 spiro atoms. The van der Waals surface area contributed by atoms with Crippen LogP contribution in [0.3, 0.4) is 0 Å². The van der Waals surface area contributed by atoms with Gasteiger partial charge in [-0.2, -0.15) is 13.2 Å². The van der Waals surface area contributed by atoms with Crippen molar-refractivity contribution >= 4 is 11.9 Å². The molecule has 9 heteroatoms. The molecule has 0 radical (unpaired) electrons. The molecular weight excluding hydrogens is 403 g/mol. The lowest BCUT2D eigenvalue weighted by molar-refractivity contribution is -0.192. The van der Waals surface area contributed by atoms with E-state index in [2.05, 4.69) is 17.4 Å². The molecule has 0 fully saturated rings. The second kappa shape index (κ2) is 9.73. The van der Waals surface area contributed by atoms with Crippen molar-refractivity contribution in [3.05, 3.63) is 70.8 Å². The van der Waals surface area contributed by atoms with Crippen LogP contribution < -0.4 is 5.32 Å². The van der Waals surface area contributed by atoms with Gasteiger partial charge in [0.25, 0.3) is 0 Å². The fourth-order valence-electron chi connectivity index (χ4n) is 3.41. The molecule has 0 heterocycles. The van der Waals surface area contributed by atoms with Crippen LogP contribution in [0, 0.1) is 0 Å². The summed E-state index contributed by atoms with van der Waals surface area (Å²) in [6.45, 7) is 0.554. The zero-order valence-electron chi connectivity index (χ0n) is 15.9. The second-order valence-electron chi connectivity index (χ2n) is 6.91. The number of aryl methyl sites for hydroxylation is 1. The molecule has 0 saturated heterocycles. The fourth-order valence-corrected chi connectivity index (χ4v) is 3.41. The van der Waals surface area contributed by atoms with Crippen molar-refractivity contribution in [1.82, 2.24) is 5.32 Å². The number of aromatic carboxylic acids is 1. The summed E-state index contributed by atoms with van der Waals surface area (Å²) in [5, 5.41) is 29.8. The lowest BCUT2D eigenvalue weighted by Gasteiger charge is -2.39. The van der Waals surface area contributed by atoms with Crippen molar-refractivity contribution in [2.45, 2.75) is 37.5 Å². The summed E-state index contributed by atoms with van der Waals surface area (Å²) in [6.07, 6.45) is -2.15. The Hall–Kier alpha value is -2.91. The van der Waals surface area contributed by atoms with Gasteiger partial charge in [-0.3, -0.25) is 0 Å². The minimum atomic E-state index is -5.08. The van der Waals surface area contributed by atoms with Crippen LogP contribution in [0.25, 0.3) is 0 Å². The average Bonchev–Trinajstić information content (AvgIpc) is 2.72. The summed E-state index contributed by atoms with van der Waals surface area (Å²) in [5.74, 6) is -3.68. The molecule has 1 unspecified atom stereocenters. The molecule has 0 aliphatic heterocycles. The quantitative estimate of drug-likeness (QED) is 0.586. The third-order valence-corrected chi connectivity index (χ3v) is 4.90. The number of halogens is 3. The van der Waals surface area contributed by atoms with E-state index in [0.29, 0.717) is 6.54 Å². The molecular formula is C21H22F3NO5. The maximum atomic E-state index is 11.1. The van der Waals surface area contributed by atoms with Gasteiger partial charge < -0.3 is 20.6 Å². The monoisotopic (exact) mass is 425 g/mol. The number of alkyl halides is 3. The van der Waals surface area contributed by atoms with E-state index in [-0.39, 0.29) is 12.2 Å². The third-order valence-electron chi connectivity index (χ3n) is 4.90. The van der Waals surface area contributed by atoms with Gasteiger partial charge in [0, 0.05) is 6.54 Å². The molecule has 162 valence electrons. The Bertz CT molecular complexity index is 900. The molecule has 30 heavy (non-hydrogen) atoms. The van der Waals surface area contributed by atoms with Gasteiger partial charge in [-0.1, -0.05) is 36.4 Å². The smallest absolute Gasteiger partial charge is 0.478 e. The number of hydrogen-bond donors (Lipinski definition) is 4. The topological polar surface area (TPSA) is 107 Å². The standard InChI is InChI=1S/C19H21NO3.C2HF3O2/c21-13-19(10-4-8-15-6-1-2-9-17(15)19)20-12-14-5-3-7-16(11-14)18(22)23;3-2(4,5)1(6)7/h1-3,5-7,9,11,20-21H,4,8,10,12-13H2,(H,22,23);(H,6,7). The SMILES string of the molecule is O=C(O)C(F)(F)F.O=C(O)c1cccc(CNC2(CO)CCCc3ccccc32)c1. The number of nitrogens with one attached hydrogen (secondary N) is 1. The van der Waals surface area contributed by atoms with Crippen LogP contribution in [0.2, 0.25) is 0 Å². The minimum absolute atomic E-state index is 0.0304. The van der Waals surface area contributed by atoms with E-state index in [1.165, 1.54) is 5.56 Å². The van der Waals surface area contributed by atoms with Gasteiger partial charge in [0.2, 0.25) is 0 Å². The first-order valence-electron chi connectivity index (χ1n) is 9.16. The van der Waals surface area contributed by atoms with Gasteiger partial charge in [0.05, 0.1) is 17.7 Å². The maximum Gasteiger partial charge on any atom is 0.490 e. The van der Waals surface area contributed by atoms with E-state index in [4.69, 9.17) is 15.0 Å².